The molecule has 0 aliphatic carbocycles. The summed E-state index contributed by atoms with van der Waals surface area (Å²) >= 11 is 0. The predicted octanol–water partition coefficient (Wildman–Crippen LogP) is 5.07. The van der Waals surface area contributed by atoms with Gasteiger partial charge in [0.2, 0.25) is 6.29 Å². The molecule has 28 heavy (non-hydrogen) atoms. The molecule has 0 saturated carbocycles. The van der Waals surface area contributed by atoms with Gasteiger partial charge in [0.05, 0.1) is 0 Å². The van der Waals surface area contributed by atoms with Crippen molar-refractivity contribution < 1.29 is 9.59 Å². The van der Waals surface area contributed by atoms with E-state index in [-0.39, 0.29) is 5.91 Å². The van der Waals surface area contributed by atoms with Crippen LogP contribution in [0.2, 0.25) is 0 Å². The van der Waals surface area contributed by atoms with Crippen molar-refractivity contribution in [2.45, 2.75) is 26.3 Å². The quantitative estimate of drug-likeness (QED) is 0.629. The van der Waals surface area contributed by atoms with E-state index in [0.717, 1.165) is 27.8 Å². The Hall–Kier alpha value is -3.20. The van der Waals surface area contributed by atoms with E-state index in [9.17, 15) is 9.59 Å². The lowest BCUT2D eigenvalue weighted by Gasteiger charge is -2.34. The minimum atomic E-state index is -1.19. The molecule has 0 unspecified atom stereocenters. The third-order valence-electron chi connectivity index (χ3n) is 5.17. The van der Waals surface area contributed by atoms with Crippen LogP contribution in [-0.2, 0) is 10.3 Å². The maximum absolute atomic E-state index is 13.1. The van der Waals surface area contributed by atoms with Crippen molar-refractivity contribution in [2.24, 2.45) is 0 Å². The number of carbonyl (C=O) groups excluding carboxylic acids is 2. The predicted molar refractivity (Wildman–Crippen MR) is 113 cm³/mol. The first-order chi connectivity index (χ1) is 13.3. The highest BCUT2D eigenvalue weighted by atomic mass is 16.2. The Morgan fingerprint density at radius 2 is 1.46 bits per heavy atom. The van der Waals surface area contributed by atoms with E-state index in [4.69, 9.17) is 0 Å². The molecule has 0 N–H and O–H groups in total. The van der Waals surface area contributed by atoms with Crippen LogP contribution in [0.15, 0.2) is 72.8 Å². The Morgan fingerprint density at radius 1 is 0.857 bits per heavy atom. The number of carbonyl (C=O) groups is 1. The zero-order valence-electron chi connectivity index (χ0n) is 16.7. The normalized spacial score (nSPS) is 12.9. The average Bonchev–Trinajstić information content (AvgIpc) is 2.72. The summed E-state index contributed by atoms with van der Waals surface area (Å²) in [5.41, 5.74) is 4.18. The molecular weight excluding hydrogens is 346 g/mol. The Labute approximate surface area is 166 Å². The van der Waals surface area contributed by atoms with Crippen molar-refractivity contribution in [1.29, 1.82) is 0 Å². The maximum atomic E-state index is 13.1. The molecule has 0 aliphatic heterocycles. The van der Waals surface area contributed by atoms with Crippen molar-refractivity contribution >= 4 is 12.2 Å². The molecule has 3 aromatic carbocycles. The second-order valence-electron chi connectivity index (χ2n) is 7.36. The van der Waals surface area contributed by atoms with Gasteiger partial charge in [-0.05, 0) is 55.7 Å². The van der Waals surface area contributed by atoms with Crippen LogP contribution in [0.4, 0.5) is 0 Å². The van der Waals surface area contributed by atoms with Crippen molar-refractivity contribution in [2.75, 3.05) is 7.05 Å². The Bertz CT molecular complexity index is 990. The van der Waals surface area contributed by atoms with Crippen LogP contribution in [0.1, 0.15) is 34.0 Å². The van der Waals surface area contributed by atoms with Gasteiger partial charge in [-0.15, -0.1) is 0 Å². The first-order valence-electron chi connectivity index (χ1n) is 9.27. The molecule has 1 atom stereocenters. The molecule has 0 saturated heterocycles. The molecule has 3 aromatic rings. The molecule has 3 rings (SSSR count). The van der Waals surface area contributed by atoms with Crippen molar-refractivity contribution in [3.63, 3.8) is 0 Å². The van der Waals surface area contributed by atoms with Gasteiger partial charge in [0.15, 0.2) is 0 Å². The lowest BCUT2D eigenvalue weighted by molar-refractivity contribution is 0.0684. The molecule has 0 aromatic heterocycles. The second-order valence-corrected chi connectivity index (χ2v) is 7.36. The number of likely N-dealkylation sites (N-methyl/N-ethyl adjacent to an activating group) is 1. The van der Waals surface area contributed by atoms with E-state index < -0.39 is 5.54 Å². The summed E-state index contributed by atoms with van der Waals surface area (Å²) in [6.45, 7) is 5.64. The first kappa shape index (κ1) is 19.6. The first-order valence-corrected chi connectivity index (χ1v) is 9.27. The standard InChI is InChI=1S/C25H24NO2/c1-18-13-19(2)15-22(14-18)24(28)26(4)25(3,17-27)23-12-8-11-21(16-23)20-9-6-5-7-10-20/h5-16H,1-4H3/t25-/m0/s1. The average molecular weight is 370 g/mol. The molecule has 3 heteroatoms. The summed E-state index contributed by atoms with van der Waals surface area (Å²) < 4.78 is 0. The number of amides is 1. The van der Waals surface area contributed by atoms with Crippen LogP contribution in [0.5, 0.6) is 0 Å². The monoisotopic (exact) mass is 370 g/mol. The molecule has 1 amide bonds. The largest absolute Gasteiger partial charge is 0.325 e. The summed E-state index contributed by atoms with van der Waals surface area (Å²) in [6.07, 6.45) is 2.11. The van der Waals surface area contributed by atoms with Crippen molar-refractivity contribution in [3.8, 4) is 11.1 Å². The summed E-state index contributed by atoms with van der Waals surface area (Å²) in [5.74, 6) is -0.206. The van der Waals surface area contributed by atoms with Gasteiger partial charge < -0.3 is 4.90 Å². The lowest BCUT2D eigenvalue weighted by atomic mass is 9.89. The minimum Gasteiger partial charge on any atom is -0.325 e. The van der Waals surface area contributed by atoms with Crippen LogP contribution in [0, 0.1) is 13.8 Å². The molecule has 0 fully saturated rings. The Balaban J connectivity index is 2.00. The lowest BCUT2D eigenvalue weighted by Crippen LogP contribution is -2.46. The molecule has 141 valence electrons. The summed E-state index contributed by atoms with van der Waals surface area (Å²) in [5, 5.41) is 0. The van der Waals surface area contributed by atoms with Gasteiger partial charge in [-0.1, -0.05) is 65.7 Å². The van der Waals surface area contributed by atoms with E-state index >= 15 is 0 Å². The van der Waals surface area contributed by atoms with Crippen molar-refractivity contribution in [1.82, 2.24) is 4.90 Å². The van der Waals surface area contributed by atoms with Crippen LogP contribution < -0.4 is 0 Å². The summed E-state index contributed by atoms with van der Waals surface area (Å²) in [6, 6.07) is 23.4. The molecule has 3 nitrogen and oxygen atoms in total. The summed E-state index contributed by atoms with van der Waals surface area (Å²) in [4.78, 5) is 26.7. The maximum Gasteiger partial charge on any atom is 0.254 e. The fourth-order valence-corrected chi connectivity index (χ4v) is 3.45. The number of nitrogens with zero attached hydrogens (tertiary/aromatic N) is 1. The van der Waals surface area contributed by atoms with E-state index in [1.165, 1.54) is 4.90 Å². The number of rotatable bonds is 5. The van der Waals surface area contributed by atoms with Gasteiger partial charge in [0, 0.05) is 12.6 Å². The highest BCUT2D eigenvalue weighted by Crippen LogP contribution is 2.30. The van der Waals surface area contributed by atoms with E-state index in [2.05, 4.69) is 6.29 Å². The van der Waals surface area contributed by atoms with Crippen LogP contribution in [0.25, 0.3) is 11.1 Å². The van der Waals surface area contributed by atoms with Gasteiger partial charge >= 0.3 is 0 Å². The van der Waals surface area contributed by atoms with Crippen LogP contribution in [0.3, 0.4) is 0 Å². The summed E-state index contributed by atoms with van der Waals surface area (Å²) in [7, 11) is 1.65. The fraction of sp³-hybridized carbons (Fsp3) is 0.200. The third-order valence-corrected chi connectivity index (χ3v) is 5.17. The van der Waals surface area contributed by atoms with Gasteiger partial charge in [0.1, 0.15) is 5.54 Å². The molecule has 0 aliphatic rings. The topological polar surface area (TPSA) is 37.4 Å². The molecule has 0 bridgehead atoms. The van der Waals surface area contributed by atoms with Gasteiger partial charge in [0.25, 0.3) is 5.91 Å². The number of hydrogen-bond acceptors (Lipinski definition) is 2. The zero-order chi connectivity index (χ0) is 20.3. The molecule has 0 spiro atoms. The third kappa shape index (κ3) is 3.74. The van der Waals surface area contributed by atoms with Crippen LogP contribution in [-0.4, -0.2) is 24.1 Å². The molecule has 1 radical (unpaired) electrons. The van der Waals surface area contributed by atoms with E-state index in [1.54, 1.807) is 14.0 Å². The Kier molecular flexibility index (Phi) is 5.46. The fourth-order valence-electron chi connectivity index (χ4n) is 3.45. The van der Waals surface area contributed by atoms with Gasteiger partial charge in [-0.25, -0.2) is 0 Å². The second kappa shape index (κ2) is 7.81. The minimum absolute atomic E-state index is 0.206. The smallest absolute Gasteiger partial charge is 0.254 e. The Morgan fingerprint density at radius 3 is 2.07 bits per heavy atom. The highest BCUT2D eigenvalue weighted by molar-refractivity contribution is 5.97. The number of hydrogen-bond donors (Lipinski definition) is 0. The van der Waals surface area contributed by atoms with E-state index in [1.807, 2.05) is 86.6 Å². The highest BCUT2D eigenvalue weighted by Gasteiger charge is 2.36. The van der Waals surface area contributed by atoms with Gasteiger partial charge in [-0.2, -0.15) is 0 Å². The molecule has 0 heterocycles. The number of benzene rings is 3. The van der Waals surface area contributed by atoms with Gasteiger partial charge in [-0.3, -0.25) is 9.59 Å². The van der Waals surface area contributed by atoms with Crippen molar-refractivity contribution in [3.05, 3.63) is 95.1 Å². The van der Waals surface area contributed by atoms with Crippen LogP contribution >= 0.6 is 0 Å². The number of aryl methyl sites for hydroxylation is 2. The SMILES string of the molecule is Cc1cc(C)cc(C(=O)N(C)[C@@](C)([C]=O)c2cccc(-c3ccccc3)c2)c1. The molecular formula is C25H24NO2. The zero-order valence-corrected chi connectivity index (χ0v) is 16.7. The van der Waals surface area contributed by atoms with E-state index in [0.29, 0.717) is 5.56 Å².